The van der Waals surface area contributed by atoms with Crippen LogP contribution >= 0.6 is 0 Å². The number of carbonyl (C=O) groups excluding carboxylic acids is 1. The van der Waals surface area contributed by atoms with E-state index in [1.54, 1.807) is 39.0 Å². The van der Waals surface area contributed by atoms with Gasteiger partial charge in [-0.15, -0.1) is 0 Å². The topological polar surface area (TPSA) is 83.9 Å². The normalized spacial score (nSPS) is 13.7. The molecule has 0 heterocycles. The third kappa shape index (κ3) is 5.51. The molecule has 0 aliphatic heterocycles. The molecule has 1 atom stereocenters. The van der Waals surface area contributed by atoms with Gasteiger partial charge < -0.3 is 4.74 Å². The first-order valence-corrected chi connectivity index (χ1v) is 9.00. The lowest BCUT2D eigenvalue weighted by atomic mass is 10.1. The largest absolute Gasteiger partial charge is 0.442 e. The van der Waals surface area contributed by atoms with E-state index in [-0.39, 0.29) is 22.3 Å². The van der Waals surface area contributed by atoms with Crippen LogP contribution in [0.4, 0.5) is 4.79 Å². The number of carbonyl (C=O) groups is 1. The Morgan fingerprint density at radius 3 is 2.17 bits per heavy atom. The van der Waals surface area contributed by atoms with Crippen LogP contribution in [0, 0.1) is 5.92 Å². The van der Waals surface area contributed by atoms with Gasteiger partial charge in [0, 0.05) is 0 Å². The first-order chi connectivity index (χ1) is 10.4. The molecule has 0 saturated carbocycles. The fourth-order valence-corrected chi connectivity index (χ4v) is 3.79. The van der Waals surface area contributed by atoms with E-state index in [1.807, 2.05) is 13.8 Å². The molecule has 1 aromatic rings. The van der Waals surface area contributed by atoms with E-state index in [0.717, 1.165) is 0 Å². The second-order valence-electron chi connectivity index (χ2n) is 6.77. The Kier molecular flexibility index (Phi) is 6.18. The highest BCUT2D eigenvalue weighted by atomic mass is 32.2. The number of amides is 1. The molecule has 1 N–H and O–H groups in total. The van der Waals surface area contributed by atoms with E-state index < -0.39 is 26.9 Å². The summed E-state index contributed by atoms with van der Waals surface area (Å²) in [6.07, 6.45) is -0.991. The molecule has 0 spiro atoms. The van der Waals surface area contributed by atoms with Gasteiger partial charge in [0.2, 0.25) is 9.84 Å². The summed E-state index contributed by atoms with van der Waals surface area (Å²) in [5, 5.41) is 8.95. The predicted molar refractivity (Wildman–Crippen MR) is 86.7 cm³/mol. The second-order valence-corrected chi connectivity index (χ2v) is 8.87. The van der Waals surface area contributed by atoms with Crippen LogP contribution in [0.5, 0.6) is 0 Å². The lowest BCUT2D eigenvalue weighted by Gasteiger charge is -2.29. The summed E-state index contributed by atoms with van der Waals surface area (Å²) in [5.41, 5.74) is -0.836. The summed E-state index contributed by atoms with van der Waals surface area (Å²) in [6.45, 7) is 8.55. The van der Waals surface area contributed by atoms with E-state index in [4.69, 9.17) is 4.74 Å². The van der Waals surface area contributed by atoms with Crippen LogP contribution in [0.1, 0.15) is 41.0 Å². The number of rotatable bonds is 5. The Balaban J connectivity index is 3.17. The summed E-state index contributed by atoms with van der Waals surface area (Å²) in [7, 11) is -3.92. The van der Waals surface area contributed by atoms with Gasteiger partial charge >= 0.3 is 6.09 Å². The number of hydrogen-bond donors (Lipinski definition) is 1. The van der Waals surface area contributed by atoms with Gasteiger partial charge in [0.15, 0.2) is 5.37 Å². The Hall–Kier alpha value is -1.60. The summed E-state index contributed by atoms with van der Waals surface area (Å²) in [4.78, 5) is 12.1. The quantitative estimate of drug-likeness (QED) is 0.654. The highest BCUT2D eigenvalue weighted by Gasteiger charge is 2.37. The average Bonchev–Trinajstić information content (AvgIpc) is 2.42. The van der Waals surface area contributed by atoms with Gasteiger partial charge in [0.1, 0.15) is 5.60 Å². The molecule has 0 saturated heterocycles. The molecular formula is C16H25NO5S. The van der Waals surface area contributed by atoms with Crippen LogP contribution in [0.15, 0.2) is 35.2 Å². The minimum Gasteiger partial charge on any atom is -0.442 e. The van der Waals surface area contributed by atoms with Crippen molar-refractivity contribution in [3.05, 3.63) is 30.3 Å². The Morgan fingerprint density at radius 1 is 1.22 bits per heavy atom. The number of benzene rings is 1. The lowest BCUT2D eigenvalue weighted by molar-refractivity contribution is -0.105. The highest BCUT2D eigenvalue weighted by Crippen LogP contribution is 2.24. The zero-order chi connectivity index (χ0) is 17.8. The molecule has 130 valence electrons. The van der Waals surface area contributed by atoms with Gasteiger partial charge in [-0.1, -0.05) is 32.0 Å². The molecule has 7 heteroatoms. The molecule has 1 rings (SSSR count). The van der Waals surface area contributed by atoms with E-state index in [9.17, 15) is 18.4 Å². The van der Waals surface area contributed by atoms with Crippen molar-refractivity contribution in [3.63, 3.8) is 0 Å². The van der Waals surface area contributed by atoms with E-state index in [2.05, 4.69) is 0 Å². The SMILES string of the molecule is CC(C)CC(N(O)C(=O)OC(C)(C)C)S(=O)(=O)c1ccccc1. The third-order valence-electron chi connectivity index (χ3n) is 2.96. The van der Waals surface area contributed by atoms with Crippen molar-refractivity contribution in [1.29, 1.82) is 0 Å². The van der Waals surface area contributed by atoms with Gasteiger partial charge in [-0.3, -0.25) is 5.21 Å². The second kappa shape index (κ2) is 7.31. The van der Waals surface area contributed by atoms with Gasteiger partial charge in [-0.25, -0.2) is 13.2 Å². The minimum atomic E-state index is -3.92. The molecule has 1 amide bonds. The monoisotopic (exact) mass is 343 g/mol. The lowest BCUT2D eigenvalue weighted by Crippen LogP contribution is -2.45. The summed E-state index contributed by atoms with van der Waals surface area (Å²) >= 11 is 0. The first-order valence-electron chi connectivity index (χ1n) is 7.45. The Bertz CT molecular complexity index is 620. The van der Waals surface area contributed by atoms with E-state index >= 15 is 0 Å². The van der Waals surface area contributed by atoms with Gasteiger partial charge in [-0.2, -0.15) is 5.06 Å². The van der Waals surface area contributed by atoms with Crippen molar-refractivity contribution >= 4 is 15.9 Å². The van der Waals surface area contributed by atoms with Gasteiger partial charge in [0.05, 0.1) is 4.90 Å². The summed E-state index contributed by atoms with van der Waals surface area (Å²) in [5.74, 6) is -0.0458. The third-order valence-corrected chi connectivity index (χ3v) is 4.99. The van der Waals surface area contributed by atoms with Crippen LogP contribution in [-0.2, 0) is 14.6 Å². The van der Waals surface area contributed by atoms with Crippen LogP contribution in [-0.4, -0.2) is 35.8 Å². The zero-order valence-corrected chi connectivity index (χ0v) is 15.0. The summed E-state index contributed by atoms with van der Waals surface area (Å²) < 4.78 is 30.6. The molecule has 0 radical (unpaired) electrons. The molecule has 0 bridgehead atoms. The van der Waals surface area contributed by atoms with Crippen molar-refractivity contribution in [3.8, 4) is 0 Å². The van der Waals surface area contributed by atoms with Gasteiger partial charge in [-0.05, 0) is 45.2 Å². The fourth-order valence-electron chi connectivity index (χ4n) is 1.95. The van der Waals surface area contributed by atoms with Gasteiger partial charge in [0.25, 0.3) is 0 Å². The van der Waals surface area contributed by atoms with Crippen LogP contribution < -0.4 is 0 Å². The number of hydrogen-bond acceptors (Lipinski definition) is 5. The fraction of sp³-hybridized carbons (Fsp3) is 0.562. The first kappa shape index (κ1) is 19.4. The minimum absolute atomic E-state index is 0.0458. The molecule has 6 nitrogen and oxygen atoms in total. The van der Waals surface area contributed by atoms with E-state index in [1.165, 1.54) is 12.1 Å². The standard InChI is InChI=1S/C16H25NO5S/c1-12(2)11-14(17(19)15(18)22-16(3,4)5)23(20,21)13-9-7-6-8-10-13/h6-10,12,14,19H,11H2,1-5H3. The maximum absolute atomic E-state index is 12.8. The highest BCUT2D eigenvalue weighted by molar-refractivity contribution is 7.92. The predicted octanol–water partition coefficient (Wildman–Crippen LogP) is 3.46. The average molecular weight is 343 g/mol. The number of sulfone groups is 1. The van der Waals surface area contributed by atoms with Crippen molar-refractivity contribution in [2.75, 3.05) is 0 Å². The molecule has 1 unspecified atom stereocenters. The summed E-state index contributed by atoms with van der Waals surface area (Å²) in [6, 6.07) is 7.75. The molecule has 0 fully saturated rings. The smallest absolute Gasteiger partial charge is 0.435 e. The Labute approximate surface area is 137 Å². The zero-order valence-electron chi connectivity index (χ0n) is 14.2. The maximum atomic E-state index is 12.8. The van der Waals surface area contributed by atoms with Crippen LogP contribution in [0.25, 0.3) is 0 Å². The number of nitrogens with zero attached hydrogens (tertiary/aromatic N) is 1. The van der Waals surface area contributed by atoms with Crippen molar-refractivity contribution in [1.82, 2.24) is 5.06 Å². The maximum Gasteiger partial charge on any atom is 0.435 e. The van der Waals surface area contributed by atoms with Crippen LogP contribution in [0.3, 0.4) is 0 Å². The van der Waals surface area contributed by atoms with Crippen LogP contribution in [0.2, 0.25) is 0 Å². The van der Waals surface area contributed by atoms with E-state index in [0.29, 0.717) is 0 Å². The Morgan fingerprint density at radius 2 is 1.74 bits per heavy atom. The molecular weight excluding hydrogens is 318 g/mol. The number of hydroxylamine groups is 2. The number of ether oxygens (including phenoxy) is 1. The molecule has 0 aromatic heterocycles. The molecule has 23 heavy (non-hydrogen) atoms. The van der Waals surface area contributed by atoms with Crippen molar-refractivity contribution < 1.29 is 23.2 Å². The molecule has 1 aromatic carbocycles. The van der Waals surface area contributed by atoms with Crippen molar-refractivity contribution in [2.45, 2.75) is 56.9 Å². The van der Waals surface area contributed by atoms with Crippen molar-refractivity contribution in [2.24, 2.45) is 5.92 Å². The molecule has 0 aliphatic rings. The molecule has 0 aliphatic carbocycles.